The fraction of sp³-hybridized carbons (Fsp3) is 0.133. The van der Waals surface area contributed by atoms with E-state index in [2.05, 4.69) is 4.74 Å². The van der Waals surface area contributed by atoms with Crippen molar-refractivity contribution < 1.29 is 22.3 Å². The molecule has 0 saturated heterocycles. The standard InChI is InChI=1S/C15H9F4NO/c1-9-2-5-12(13(16)6-9)10-3-4-11(8-20)14(7-10)21-15(17,18)19/h2-7H,1H3. The number of halogens is 4. The van der Waals surface area contributed by atoms with Crippen molar-refractivity contribution in [2.75, 3.05) is 0 Å². The molecule has 0 spiro atoms. The van der Waals surface area contributed by atoms with Crippen LogP contribution >= 0.6 is 0 Å². The highest BCUT2D eigenvalue weighted by molar-refractivity contribution is 5.68. The molecule has 0 aliphatic carbocycles. The minimum absolute atomic E-state index is 0.136. The number of hydrogen-bond donors (Lipinski definition) is 0. The maximum absolute atomic E-state index is 13.9. The van der Waals surface area contributed by atoms with Gasteiger partial charge >= 0.3 is 6.36 Å². The van der Waals surface area contributed by atoms with Crippen LogP contribution in [-0.2, 0) is 0 Å². The van der Waals surface area contributed by atoms with Crippen LogP contribution in [0.1, 0.15) is 11.1 Å². The Morgan fingerprint density at radius 3 is 2.38 bits per heavy atom. The zero-order chi connectivity index (χ0) is 15.6. The molecule has 0 aliphatic heterocycles. The number of benzene rings is 2. The van der Waals surface area contributed by atoms with Gasteiger partial charge in [-0.05, 0) is 36.2 Å². The fourth-order valence-electron chi connectivity index (χ4n) is 1.85. The zero-order valence-corrected chi connectivity index (χ0v) is 10.8. The lowest BCUT2D eigenvalue weighted by molar-refractivity contribution is -0.274. The molecule has 0 amide bonds. The van der Waals surface area contributed by atoms with Gasteiger partial charge < -0.3 is 4.74 Å². The van der Waals surface area contributed by atoms with Gasteiger partial charge in [-0.25, -0.2) is 4.39 Å². The van der Waals surface area contributed by atoms with Gasteiger partial charge in [0.15, 0.2) is 0 Å². The van der Waals surface area contributed by atoms with E-state index in [1.807, 2.05) is 0 Å². The van der Waals surface area contributed by atoms with Crippen molar-refractivity contribution in [3.63, 3.8) is 0 Å². The molecule has 0 radical (unpaired) electrons. The van der Waals surface area contributed by atoms with Crippen LogP contribution in [0.4, 0.5) is 17.6 Å². The van der Waals surface area contributed by atoms with Gasteiger partial charge in [0.2, 0.25) is 0 Å². The molecule has 0 heterocycles. The zero-order valence-electron chi connectivity index (χ0n) is 10.8. The van der Waals surface area contributed by atoms with Crippen LogP contribution in [0.25, 0.3) is 11.1 Å². The molecule has 21 heavy (non-hydrogen) atoms. The highest BCUT2D eigenvalue weighted by atomic mass is 19.4. The number of nitriles is 1. The summed E-state index contributed by atoms with van der Waals surface area (Å²) >= 11 is 0. The van der Waals surface area contributed by atoms with E-state index in [4.69, 9.17) is 5.26 Å². The number of alkyl halides is 3. The third-order valence-corrected chi connectivity index (χ3v) is 2.76. The molecular formula is C15H9F4NO. The lowest BCUT2D eigenvalue weighted by Gasteiger charge is -2.12. The molecule has 6 heteroatoms. The number of nitrogens with zero attached hydrogens (tertiary/aromatic N) is 1. The van der Waals surface area contributed by atoms with Crippen LogP contribution < -0.4 is 4.74 Å². The Balaban J connectivity index is 2.51. The highest BCUT2D eigenvalue weighted by Gasteiger charge is 2.32. The van der Waals surface area contributed by atoms with Gasteiger partial charge in [0, 0.05) is 5.56 Å². The summed E-state index contributed by atoms with van der Waals surface area (Å²) < 4.78 is 54.6. The van der Waals surface area contributed by atoms with Crippen LogP contribution in [-0.4, -0.2) is 6.36 Å². The molecule has 0 aromatic heterocycles. The molecule has 0 unspecified atom stereocenters. The summed E-state index contributed by atoms with van der Waals surface area (Å²) in [5.74, 6) is -1.21. The van der Waals surface area contributed by atoms with Crippen molar-refractivity contribution in [3.05, 3.63) is 53.3 Å². The predicted octanol–water partition coefficient (Wildman–Crippen LogP) is 4.57. The van der Waals surface area contributed by atoms with E-state index in [1.165, 1.54) is 18.2 Å². The molecular weight excluding hydrogens is 286 g/mol. The molecule has 0 aliphatic rings. The highest BCUT2D eigenvalue weighted by Crippen LogP contribution is 2.32. The molecule has 2 nitrogen and oxygen atoms in total. The summed E-state index contributed by atoms with van der Waals surface area (Å²) in [5.41, 5.74) is 0.753. The van der Waals surface area contributed by atoms with Crippen molar-refractivity contribution in [1.82, 2.24) is 0 Å². The van der Waals surface area contributed by atoms with Crippen molar-refractivity contribution >= 4 is 0 Å². The van der Waals surface area contributed by atoms with E-state index < -0.39 is 17.9 Å². The molecule has 0 N–H and O–H groups in total. The summed E-state index contributed by atoms with van der Waals surface area (Å²) in [6, 6.07) is 9.51. The molecule has 0 atom stereocenters. The van der Waals surface area contributed by atoms with E-state index in [0.29, 0.717) is 5.56 Å². The maximum atomic E-state index is 13.9. The first-order chi connectivity index (χ1) is 9.80. The van der Waals surface area contributed by atoms with Crippen molar-refractivity contribution in [1.29, 1.82) is 5.26 Å². The van der Waals surface area contributed by atoms with E-state index in [9.17, 15) is 17.6 Å². The molecule has 108 valence electrons. The van der Waals surface area contributed by atoms with Crippen molar-refractivity contribution in [3.8, 4) is 22.9 Å². The maximum Gasteiger partial charge on any atom is 0.573 e. The second kappa shape index (κ2) is 5.44. The van der Waals surface area contributed by atoms with Gasteiger partial charge in [-0.2, -0.15) is 5.26 Å². The van der Waals surface area contributed by atoms with Crippen LogP contribution in [0.5, 0.6) is 5.75 Å². The van der Waals surface area contributed by atoms with E-state index in [0.717, 1.165) is 12.1 Å². The van der Waals surface area contributed by atoms with Gasteiger partial charge in [0.25, 0.3) is 0 Å². The number of ether oxygens (including phenoxy) is 1. The fourth-order valence-corrected chi connectivity index (χ4v) is 1.85. The average Bonchev–Trinajstić information content (AvgIpc) is 2.36. The van der Waals surface area contributed by atoms with Crippen LogP contribution in [0.2, 0.25) is 0 Å². The topological polar surface area (TPSA) is 33.0 Å². The van der Waals surface area contributed by atoms with Gasteiger partial charge in [-0.1, -0.05) is 18.2 Å². The van der Waals surface area contributed by atoms with Crippen molar-refractivity contribution in [2.24, 2.45) is 0 Å². The van der Waals surface area contributed by atoms with Crippen LogP contribution in [0, 0.1) is 24.1 Å². The minimum Gasteiger partial charge on any atom is -0.404 e. The smallest absolute Gasteiger partial charge is 0.404 e. The quantitative estimate of drug-likeness (QED) is 0.760. The Bertz CT molecular complexity index is 717. The molecule has 0 saturated carbocycles. The minimum atomic E-state index is -4.92. The average molecular weight is 295 g/mol. The molecule has 0 fully saturated rings. The Morgan fingerprint density at radius 2 is 1.81 bits per heavy atom. The Hall–Kier alpha value is -2.55. The second-order valence-corrected chi connectivity index (χ2v) is 4.35. The molecule has 2 rings (SSSR count). The molecule has 0 bridgehead atoms. The van der Waals surface area contributed by atoms with Gasteiger partial charge in [0.1, 0.15) is 17.6 Å². The molecule has 2 aromatic rings. The first-order valence-electron chi connectivity index (χ1n) is 5.86. The third-order valence-electron chi connectivity index (χ3n) is 2.76. The van der Waals surface area contributed by atoms with Gasteiger partial charge in [-0.3, -0.25) is 0 Å². The molecule has 2 aromatic carbocycles. The third kappa shape index (κ3) is 3.51. The first-order valence-corrected chi connectivity index (χ1v) is 5.86. The Morgan fingerprint density at radius 1 is 1.10 bits per heavy atom. The van der Waals surface area contributed by atoms with E-state index in [1.54, 1.807) is 19.1 Å². The summed E-state index contributed by atoms with van der Waals surface area (Å²) in [4.78, 5) is 0. The first kappa shape index (κ1) is 14.9. The Labute approximate surface area is 118 Å². The number of hydrogen-bond acceptors (Lipinski definition) is 2. The number of rotatable bonds is 2. The predicted molar refractivity (Wildman–Crippen MR) is 68.0 cm³/mol. The summed E-state index contributed by atoms with van der Waals surface area (Å²) in [6.07, 6.45) is -4.92. The summed E-state index contributed by atoms with van der Waals surface area (Å²) in [5, 5.41) is 8.80. The SMILES string of the molecule is Cc1ccc(-c2ccc(C#N)c(OC(F)(F)F)c2)c(F)c1. The van der Waals surface area contributed by atoms with Crippen LogP contribution in [0.15, 0.2) is 36.4 Å². The lowest BCUT2D eigenvalue weighted by atomic mass is 10.0. The normalized spacial score (nSPS) is 11.0. The summed E-state index contributed by atoms with van der Waals surface area (Å²) in [6.45, 7) is 1.70. The van der Waals surface area contributed by atoms with Gasteiger partial charge in [-0.15, -0.1) is 13.2 Å². The lowest BCUT2D eigenvalue weighted by Crippen LogP contribution is -2.17. The Kier molecular flexibility index (Phi) is 3.85. The monoisotopic (exact) mass is 295 g/mol. The van der Waals surface area contributed by atoms with Crippen molar-refractivity contribution in [2.45, 2.75) is 13.3 Å². The van der Waals surface area contributed by atoms with Gasteiger partial charge in [0.05, 0.1) is 5.56 Å². The summed E-state index contributed by atoms with van der Waals surface area (Å²) in [7, 11) is 0. The largest absolute Gasteiger partial charge is 0.573 e. The van der Waals surface area contributed by atoms with E-state index in [-0.39, 0.29) is 16.7 Å². The number of aryl methyl sites for hydroxylation is 1. The van der Waals surface area contributed by atoms with E-state index >= 15 is 0 Å². The van der Waals surface area contributed by atoms with Crippen LogP contribution in [0.3, 0.4) is 0 Å². The second-order valence-electron chi connectivity index (χ2n) is 4.35.